The van der Waals surface area contributed by atoms with Crippen LogP contribution in [0.25, 0.3) is 0 Å². The first-order chi connectivity index (χ1) is 7.84. The smallest absolute Gasteiger partial charge is 0.0527 e. The van der Waals surface area contributed by atoms with Crippen molar-refractivity contribution >= 4 is 5.69 Å². The zero-order valence-electron chi connectivity index (χ0n) is 9.35. The second-order valence-corrected chi connectivity index (χ2v) is 4.30. The Balaban J connectivity index is 2.04. The minimum absolute atomic E-state index is 0.492. The van der Waals surface area contributed by atoms with Crippen LogP contribution in [0.2, 0.25) is 0 Å². The highest BCUT2D eigenvalue weighted by atomic mass is 15.2. The van der Waals surface area contributed by atoms with Crippen molar-refractivity contribution in [1.29, 1.82) is 0 Å². The Kier molecular flexibility index (Phi) is 2.17. The lowest BCUT2D eigenvalue weighted by molar-refractivity contribution is 0.716. The van der Waals surface area contributed by atoms with Gasteiger partial charge in [-0.2, -0.15) is 5.10 Å². The van der Waals surface area contributed by atoms with Gasteiger partial charge in [-0.25, -0.2) is 0 Å². The maximum absolute atomic E-state index is 4.26. The molecule has 3 nitrogen and oxygen atoms in total. The van der Waals surface area contributed by atoms with Crippen LogP contribution in [0.5, 0.6) is 0 Å². The lowest BCUT2D eigenvalue weighted by Crippen LogP contribution is -2.17. The molecule has 82 valence electrons. The number of hydrogen-bond donors (Lipinski definition) is 1. The van der Waals surface area contributed by atoms with Crippen LogP contribution in [-0.2, 0) is 7.05 Å². The summed E-state index contributed by atoms with van der Waals surface area (Å²) in [6.45, 7) is 1.04. The molecule has 1 aromatic carbocycles. The van der Waals surface area contributed by atoms with Crippen LogP contribution < -0.4 is 5.32 Å². The Morgan fingerprint density at radius 2 is 2.25 bits per heavy atom. The van der Waals surface area contributed by atoms with Gasteiger partial charge in [0.25, 0.3) is 0 Å². The summed E-state index contributed by atoms with van der Waals surface area (Å²) in [4.78, 5) is 0. The number of aryl methyl sites for hydroxylation is 1. The number of aromatic nitrogens is 2. The molecule has 0 aliphatic carbocycles. The van der Waals surface area contributed by atoms with Crippen molar-refractivity contribution in [3.05, 3.63) is 47.8 Å². The molecular weight excluding hydrogens is 198 g/mol. The summed E-state index contributed by atoms with van der Waals surface area (Å²) in [7, 11) is 1.97. The fourth-order valence-corrected chi connectivity index (χ4v) is 2.43. The standard InChI is InChI=1S/C13H15N3/c1-16-9-10(8-15-16)11-6-7-14-13-5-3-2-4-12(11)13/h2-5,8-9,11,14H,6-7H2,1H3/t11-/m0/s1. The third-order valence-electron chi connectivity index (χ3n) is 3.21. The molecule has 0 spiro atoms. The quantitative estimate of drug-likeness (QED) is 0.788. The van der Waals surface area contributed by atoms with E-state index in [4.69, 9.17) is 0 Å². The molecule has 0 unspecified atom stereocenters. The van der Waals surface area contributed by atoms with E-state index in [9.17, 15) is 0 Å². The Hall–Kier alpha value is -1.77. The molecule has 2 heterocycles. The molecule has 0 fully saturated rings. The monoisotopic (exact) mass is 213 g/mol. The molecule has 3 heteroatoms. The molecule has 0 bridgehead atoms. The first-order valence-corrected chi connectivity index (χ1v) is 5.66. The summed E-state index contributed by atoms with van der Waals surface area (Å²) in [6, 6.07) is 8.55. The van der Waals surface area contributed by atoms with Gasteiger partial charge in [-0.3, -0.25) is 4.68 Å². The Bertz CT molecular complexity index is 501. The molecule has 0 saturated carbocycles. The van der Waals surface area contributed by atoms with Gasteiger partial charge >= 0.3 is 0 Å². The highest BCUT2D eigenvalue weighted by Crippen LogP contribution is 2.35. The SMILES string of the molecule is Cn1cc([C@@H]2CCNc3ccccc32)cn1. The number of nitrogens with zero attached hydrogens (tertiary/aromatic N) is 2. The van der Waals surface area contributed by atoms with Crippen LogP contribution >= 0.6 is 0 Å². The number of rotatable bonds is 1. The van der Waals surface area contributed by atoms with E-state index in [0.29, 0.717) is 5.92 Å². The average Bonchev–Trinajstić information content (AvgIpc) is 2.75. The van der Waals surface area contributed by atoms with Crippen molar-refractivity contribution < 1.29 is 0 Å². The molecule has 1 aromatic heterocycles. The zero-order valence-corrected chi connectivity index (χ0v) is 9.35. The van der Waals surface area contributed by atoms with Crippen LogP contribution in [0.3, 0.4) is 0 Å². The van der Waals surface area contributed by atoms with E-state index < -0.39 is 0 Å². The summed E-state index contributed by atoms with van der Waals surface area (Å²) in [5.41, 5.74) is 3.97. The summed E-state index contributed by atoms with van der Waals surface area (Å²) in [5.74, 6) is 0.492. The average molecular weight is 213 g/mol. The molecule has 0 radical (unpaired) electrons. The highest BCUT2D eigenvalue weighted by molar-refractivity contribution is 5.56. The van der Waals surface area contributed by atoms with Crippen LogP contribution in [0.15, 0.2) is 36.7 Å². The third-order valence-corrected chi connectivity index (χ3v) is 3.21. The van der Waals surface area contributed by atoms with E-state index in [0.717, 1.165) is 13.0 Å². The minimum atomic E-state index is 0.492. The molecule has 16 heavy (non-hydrogen) atoms. The van der Waals surface area contributed by atoms with Crippen molar-refractivity contribution in [3.63, 3.8) is 0 Å². The van der Waals surface area contributed by atoms with Crippen molar-refractivity contribution in [2.24, 2.45) is 7.05 Å². The first-order valence-electron chi connectivity index (χ1n) is 5.66. The second kappa shape index (κ2) is 3.67. The number of anilines is 1. The van der Waals surface area contributed by atoms with E-state index in [1.165, 1.54) is 16.8 Å². The zero-order chi connectivity index (χ0) is 11.0. The number of para-hydroxylation sites is 1. The topological polar surface area (TPSA) is 29.9 Å². The van der Waals surface area contributed by atoms with E-state index >= 15 is 0 Å². The predicted octanol–water partition coefficient (Wildman–Crippen LogP) is 2.37. The molecule has 1 atom stereocenters. The fourth-order valence-electron chi connectivity index (χ4n) is 2.43. The number of fused-ring (bicyclic) bond motifs is 1. The summed E-state index contributed by atoms with van der Waals surface area (Å²) < 4.78 is 1.87. The van der Waals surface area contributed by atoms with E-state index in [2.05, 4.69) is 40.9 Å². The molecular formula is C13H15N3. The predicted molar refractivity (Wildman–Crippen MR) is 64.6 cm³/mol. The van der Waals surface area contributed by atoms with Crippen LogP contribution in [-0.4, -0.2) is 16.3 Å². The number of benzene rings is 1. The molecule has 0 amide bonds. The van der Waals surface area contributed by atoms with Crippen LogP contribution in [0, 0.1) is 0 Å². The maximum Gasteiger partial charge on any atom is 0.0527 e. The van der Waals surface area contributed by atoms with Crippen molar-refractivity contribution in [2.75, 3.05) is 11.9 Å². The minimum Gasteiger partial charge on any atom is -0.385 e. The van der Waals surface area contributed by atoms with E-state index in [-0.39, 0.29) is 0 Å². The molecule has 1 aliphatic rings. The van der Waals surface area contributed by atoms with Crippen molar-refractivity contribution in [1.82, 2.24) is 9.78 Å². The first kappa shape index (κ1) is 9.46. The maximum atomic E-state index is 4.26. The van der Waals surface area contributed by atoms with Gasteiger partial charge in [-0.05, 0) is 23.6 Å². The van der Waals surface area contributed by atoms with Gasteiger partial charge < -0.3 is 5.32 Å². The molecule has 3 rings (SSSR count). The van der Waals surface area contributed by atoms with Gasteiger partial charge in [0.05, 0.1) is 6.20 Å². The van der Waals surface area contributed by atoms with Crippen LogP contribution in [0.1, 0.15) is 23.5 Å². The number of nitrogens with one attached hydrogen (secondary N) is 1. The van der Waals surface area contributed by atoms with Gasteiger partial charge in [0.2, 0.25) is 0 Å². The summed E-state index contributed by atoms with van der Waals surface area (Å²) in [5, 5.41) is 7.70. The van der Waals surface area contributed by atoms with Crippen molar-refractivity contribution in [2.45, 2.75) is 12.3 Å². The Labute approximate surface area is 95.1 Å². The van der Waals surface area contributed by atoms with Gasteiger partial charge in [-0.15, -0.1) is 0 Å². The molecule has 1 aliphatic heterocycles. The summed E-state index contributed by atoms with van der Waals surface area (Å²) in [6.07, 6.45) is 5.24. The lowest BCUT2D eigenvalue weighted by Gasteiger charge is -2.25. The molecule has 1 N–H and O–H groups in total. The van der Waals surface area contributed by atoms with Gasteiger partial charge in [0.15, 0.2) is 0 Å². The van der Waals surface area contributed by atoms with Gasteiger partial charge in [0.1, 0.15) is 0 Å². The normalized spacial score (nSPS) is 18.9. The van der Waals surface area contributed by atoms with Crippen molar-refractivity contribution in [3.8, 4) is 0 Å². The van der Waals surface area contributed by atoms with E-state index in [1.54, 1.807) is 0 Å². The van der Waals surface area contributed by atoms with Crippen LogP contribution in [0.4, 0.5) is 5.69 Å². The van der Waals surface area contributed by atoms with Gasteiger partial charge in [0, 0.05) is 31.4 Å². The fraction of sp³-hybridized carbons (Fsp3) is 0.308. The molecule has 2 aromatic rings. The second-order valence-electron chi connectivity index (χ2n) is 4.30. The lowest BCUT2D eigenvalue weighted by atomic mass is 9.87. The molecule has 0 saturated heterocycles. The number of hydrogen-bond acceptors (Lipinski definition) is 2. The summed E-state index contributed by atoms with van der Waals surface area (Å²) >= 11 is 0. The third kappa shape index (κ3) is 1.48. The highest BCUT2D eigenvalue weighted by Gasteiger charge is 2.21. The largest absolute Gasteiger partial charge is 0.385 e. The van der Waals surface area contributed by atoms with E-state index in [1.807, 2.05) is 17.9 Å². The van der Waals surface area contributed by atoms with Gasteiger partial charge in [-0.1, -0.05) is 18.2 Å². The Morgan fingerprint density at radius 3 is 3.06 bits per heavy atom. The Morgan fingerprint density at radius 1 is 1.38 bits per heavy atom.